The number of primary amides is 1. The Morgan fingerprint density at radius 3 is 2.64 bits per heavy atom. The number of amides is 1. The van der Waals surface area contributed by atoms with Crippen LogP contribution >= 0.6 is 0 Å². The van der Waals surface area contributed by atoms with Gasteiger partial charge in [0.15, 0.2) is 0 Å². The Morgan fingerprint density at radius 2 is 2.05 bits per heavy atom. The standard InChI is InChI=1S/C16H20F3NO2/c1-2-11-7-5-6-10-15(11,14(20)21)12-8-3-4-9-13(12)22-16(17,18)19/h3-4,8-9,11H,2,5-7,10H2,1H3,(H2,20,21). The number of alkyl halides is 3. The van der Waals surface area contributed by atoms with Crippen LogP contribution < -0.4 is 10.5 Å². The van der Waals surface area contributed by atoms with Gasteiger partial charge in [0.1, 0.15) is 5.75 Å². The molecule has 0 bridgehead atoms. The monoisotopic (exact) mass is 315 g/mol. The largest absolute Gasteiger partial charge is 0.573 e. The molecule has 2 unspecified atom stereocenters. The number of halogens is 3. The number of hydrogen-bond acceptors (Lipinski definition) is 2. The lowest BCUT2D eigenvalue weighted by Crippen LogP contribution is -2.49. The first-order chi connectivity index (χ1) is 10.3. The third kappa shape index (κ3) is 3.05. The van der Waals surface area contributed by atoms with Crippen molar-refractivity contribution in [2.75, 3.05) is 0 Å². The molecule has 1 aliphatic rings. The topological polar surface area (TPSA) is 52.3 Å². The minimum Gasteiger partial charge on any atom is -0.405 e. The highest BCUT2D eigenvalue weighted by atomic mass is 19.4. The number of benzene rings is 1. The van der Waals surface area contributed by atoms with Gasteiger partial charge in [0.25, 0.3) is 0 Å². The minimum absolute atomic E-state index is 0.0725. The molecule has 0 aliphatic heterocycles. The summed E-state index contributed by atoms with van der Waals surface area (Å²) in [5.41, 5.74) is 4.82. The van der Waals surface area contributed by atoms with Gasteiger partial charge >= 0.3 is 6.36 Å². The number of carbonyl (C=O) groups excluding carboxylic acids is 1. The molecule has 0 radical (unpaired) electrons. The molecule has 1 amide bonds. The number of para-hydroxylation sites is 1. The van der Waals surface area contributed by atoms with E-state index in [4.69, 9.17) is 5.73 Å². The van der Waals surface area contributed by atoms with Crippen LogP contribution in [-0.2, 0) is 10.2 Å². The molecule has 1 aliphatic carbocycles. The second kappa shape index (κ2) is 6.18. The molecule has 1 fully saturated rings. The van der Waals surface area contributed by atoms with E-state index >= 15 is 0 Å². The molecule has 0 aromatic heterocycles. The van der Waals surface area contributed by atoms with Crippen molar-refractivity contribution >= 4 is 5.91 Å². The predicted molar refractivity (Wildman–Crippen MR) is 76.2 cm³/mol. The average molecular weight is 315 g/mol. The van der Waals surface area contributed by atoms with Crippen LogP contribution in [0.15, 0.2) is 24.3 Å². The molecule has 0 heterocycles. The molecule has 3 nitrogen and oxygen atoms in total. The predicted octanol–water partition coefficient (Wildman–Crippen LogP) is 3.91. The van der Waals surface area contributed by atoms with E-state index < -0.39 is 17.7 Å². The van der Waals surface area contributed by atoms with Crippen LogP contribution in [0.25, 0.3) is 0 Å². The number of hydrogen-bond donors (Lipinski definition) is 1. The summed E-state index contributed by atoms with van der Waals surface area (Å²) >= 11 is 0. The van der Waals surface area contributed by atoms with Crippen molar-refractivity contribution in [1.82, 2.24) is 0 Å². The van der Waals surface area contributed by atoms with Crippen molar-refractivity contribution in [1.29, 1.82) is 0 Å². The first kappa shape index (κ1) is 16.6. The molecule has 1 saturated carbocycles. The van der Waals surface area contributed by atoms with Gasteiger partial charge in [-0.15, -0.1) is 13.2 Å². The highest BCUT2D eigenvalue weighted by molar-refractivity contribution is 5.88. The second-order valence-corrected chi connectivity index (χ2v) is 5.73. The Kier molecular flexibility index (Phi) is 4.68. The van der Waals surface area contributed by atoms with Gasteiger partial charge in [-0.05, 0) is 24.8 Å². The fourth-order valence-corrected chi connectivity index (χ4v) is 3.66. The lowest BCUT2D eigenvalue weighted by atomic mass is 9.61. The van der Waals surface area contributed by atoms with Crippen LogP contribution in [0.1, 0.15) is 44.6 Å². The third-order valence-electron chi connectivity index (χ3n) is 4.60. The average Bonchev–Trinajstić information content (AvgIpc) is 2.45. The Hall–Kier alpha value is -1.72. The fourth-order valence-electron chi connectivity index (χ4n) is 3.66. The maximum atomic E-state index is 12.7. The molecule has 122 valence electrons. The van der Waals surface area contributed by atoms with Crippen molar-refractivity contribution in [3.63, 3.8) is 0 Å². The zero-order valence-corrected chi connectivity index (χ0v) is 12.5. The summed E-state index contributed by atoms with van der Waals surface area (Å²) in [4.78, 5) is 12.2. The fraction of sp³-hybridized carbons (Fsp3) is 0.562. The smallest absolute Gasteiger partial charge is 0.405 e. The molecule has 0 saturated heterocycles. The number of nitrogens with two attached hydrogens (primary N) is 1. The zero-order chi connectivity index (χ0) is 16.4. The van der Waals surface area contributed by atoms with E-state index in [1.165, 1.54) is 18.2 Å². The SMILES string of the molecule is CCC1CCCCC1(C(N)=O)c1ccccc1OC(F)(F)F. The van der Waals surface area contributed by atoms with Crippen molar-refractivity contribution in [3.8, 4) is 5.75 Å². The Bertz CT molecular complexity index is 544. The molecule has 1 aromatic carbocycles. The van der Waals surface area contributed by atoms with Crippen LogP contribution in [-0.4, -0.2) is 12.3 Å². The van der Waals surface area contributed by atoms with Gasteiger partial charge in [0.05, 0.1) is 5.41 Å². The van der Waals surface area contributed by atoms with Crippen molar-refractivity contribution in [2.45, 2.75) is 50.8 Å². The molecule has 6 heteroatoms. The van der Waals surface area contributed by atoms with Gasteiger partial charge in [0, 0.05) is 5.56 Å². The highest BCUT2D eigenvalue weighted by Gasteiger charge is 2.48. The maximum absolute atomic E-state index is 12.7. The summed E-state index contributed by atoms with van der Waals surface area (Å²) < 4.78 is 42.1. The van der Waals surface area contributed by atoms with Crippen LogP contribution in [0.5, 0.6) is 5.75 Å². The van der Waals surface area contributed by atoms with Crippen LogP contribution in [0.2, 0.25) is 0 Å². The maximum Gasteiger partial charge on any atom is 0.573 e. The van der Waals surface area contributed by atoms with Crippen LogP contribution in [0.4, 0.5) is 13.2 Å². The van der Waals surface area contributed by atoms with Gasteiger partial charge in [-0.3, -0.25) is 4.79 Å². The van der Waals surface area contributed by atoms with E-state index in [1.807, 2.05) is 6.92 Å². The van der Waals surface area contributed by atoms with E-state index in [2.05, 4.69) is 4.74 Å². The quantitative estimate of drug-likeness (QED) is 0.916. The van der Waals surface area contributed by atoms with E-state index in [9.17, 15) is 18.0 Å². The minimum atomic E-state index is -4.80. The number of ether oxygens (including phenoxy) is 1. The van der Waals surface area contributed by atoms with Crippen LogP contribution in [0, 0.1) is 5.92 Å². The van der Waals surface area contributed by atoms with E-state index in [0.717, 1.165) is 19.3 Å². The van der Waals surface area contributed by atoms with Gasteiger partial charge in [-0.25, -0.2) is 0 Å². The lowest BCUT2D eigenvalue weighted by molar-refractivity contribution is -0.275. The molecule has 2 rings (SSSR count). The highest BCUT2D eigenvalue weighted by Crippen LogP contribution is 2.48. The third-order valence-corrected chi connectivity index (χ3v) is 4.60. The van der Waals surface area contributed by atoms with E-state index in [1.54, 1.807) is 6.07 Å². The van der Waals surface area contributed by atoms with Crippen molar-refractivity contribution in [2.24, 2.45) is 11.7 Å². The van der Waals surface area contributed by atoms with Gasteiger partial charge < -0.3 is 10.5 Å². The molecular formula is C16H20F3NO2. The molecule has 22 heavy (non-hydrogen) atoms. The number of rotatable bonds is 4. The van der Waals surface area contributed by atoms with Gasteiger partial charge in [-0.1, -0.05) is 44.4 Å². The molecule has 0 spiro atoms. The van der Waals surface area contributed by atoms with Gasteiger partial charge in [-0.2, -0.15) is 0 Å². The Balaban J connectivity index is 2.56. The summed E-state index contributed by atoms with van der Waals surface area (Å²) in [6.45, 7) is 1.93. The normalized spacial score (nSPS) is 25.7. The molecule has 1 aromatic rings. The lowest BCUT2D eigenvalue weighted by Gasteiger charge is -2.42. The van der Waals surface area contributed by atoms with Crippen molar-refractivity contribution in [3.05, 3.63) is 29.8 Å². The second-order valence-electron chi connectivity index (χ2n) is 5.73. The summed E-state index contributed by atoms with van der Waals surface area (Å²) in [7, 11) is 0. The summed E-state index contributed by atoms with van der Waals surface area (Å²) in [5.74, 6) is -0.969. The molecular weight excluding hydrogens is 295 g/mol. The number of carbonyl (C=O) groups is 1. The molecule has 2 atom stereocenters. The van der Waals surface area contributed by atoms with Crippen LogP contribution in [0.3, 0.4) is 0 Å². The Morgan fingerprint density at radius 1 is 1.36 bits per heavy atom. The van der Waals surface area contributed by atoms with E-state index in [0.29, 0.717) is 12.8 Å². The first-order valence-electron chi connectivity index (χ1n) is 7.46. The Labute approximate surface area is 127 Å². The first-order valence-corrected chi connectivity index (χ1v) is 7.46. The molecule has 2 N–H and O–H groups in total. The summed E-state index contributed by atoms with van der Waals surface area (Å²) in [6.07, 6.45) is -1.16. The zero-order valence-electron chi connectivity index (χ0n) is 12.5. The van der Waals surface area contributed by atoms with Gasteiger partial charge in [0.2, 0.25) is 5.91 Å². The summed E-state index contributed by atoms with van der Waals surface area (Å²) in [5, 5.41) is 0. The summed E-state index contributed by atoms with van der Waals surface area (Å²) in [6, 6.07) is 5.85. The van der Waals surface area contributed by atoms with Crippen molar-refractivity contribution < 1.29 is 22.7 Å². The van der Waals surface area contributed by atoms with E-state index in [-0.39, 0.29) is 17.2 Å².